The summed E-state index contributed by atoms with van der Waals surface area (Å²) in [5.41, 5.74) is 7.43. The Labute approximate surface area is 74.1 Å². The first-order valence-corrected chi connectivity index (χ1v) is 3.81. The molecule has 1 aromatic heterocycles. The molecule has 5 heteroatoms. The van der Waals surface area contributed by atoms with Crippen LogP contribution in [0.1, 0.15) is 5.56 Å². The van der Waals surface area contributed by atoms with Gasteiger partial charge in [-0.1, -0.05) is 17.3 Å². The topological polar surface area (TPSA) is 73.8 Å². The number of carbonyl (C=O) groups excluding carboxylic acids is 1. The van der Waals surface area contributed by atoms with Gasteiger partial charge in [-0.05, 0) is 18.6 Å². The third kappa shape index (κ3) is 1.05. The molecule has 0 aliphatic heterocycles. The Morgan fingerprint density at radius 1 is 1.54 bits per heavy atom. The molecule has 2 aromatic rings. The van der Waals surface area contributed by atoms with Crippen LogP contribution in [0.15, 0.2) is 18.2 Å². The zero-order valence-electron chi connectivity index (χ0n) is 7.06. The second-order valence-corrected chi connectivity index (χ2v) is 2.78. The van der Waals surface area contributed by atoms with Gasteiger partial charge in [0, 0.05) is 0 Å². The number of hydrogen-bond acceptors (Lipinski definition) is 3. The van der Waals surface area contributed by atoms with Gasteiger partial charge in [0.1, 0.15) is 5.52 Å². The Kier molecular flexibility index (Phi) is 1.51. The molecule has 1 aromatic carbocycles. The molecule has 2 rings (SSSR count). The van der Waals surface area contributed by atoms with Gasteiger partial charge in [0.25, 0.3) is 0 Å². The first kappa shape index (κ1) is 7.72. The van der Waals surface area contributed by atoms with E-state index >= 15 is 0 Å². The van der Waals surface area contributed by atoms with E-state index in [1.807, 2.05) is 19.1 Å². The number of hydrogen-bond donors (Lipinski definition) is 1. The molecule has 0 unspecified atom stereocenters. The summed E-state index contributed by atoms with van der Waals surface area (Å²) < 4.78 is 1.09. The Bertz CT molecular complexity index is 474. The van der Waals surface area contributed by atoms with E-state index in [4.69, 9.17) is 5.73 Å². The average Bonchev–Trinajstić information content (AvgIpc) is 2.48. The van der Waals surface area contributed by atoms with Crippen molar-refractivity contribution in [1.29, 1.82) is 0 Å². The van der Waals surface area contributed by atoms with E-state index in [1.54, 1.807) is 6.07 Å². The van der Waals surface area contributed by atoms with Crippen molar-refractivity contribution in [3.8, 4) is 0 Å². The van der Waals surface area contributed by atoms with Crippen LogP contribution < -0.4 is 5.73 Å². The predicted octanol–water partition coefficient (Wildman–Crippen LogP) is 0.667. The molecular weight excluding hydrogens is 168 g/mol. The molecule has 0 aliphatic rings. The number of carbonyl (C=O) groups is 1. The summed E-state index contributed by atoms with van der Waals surface area (Å²) >= 11 is 0. The van der Waals surface area contributed by atoms with Gasteiger partial charge in [-0.15, -0.1) is 5.10 Å². The van der Waals surface area contributed by atoms with Crippen LogP contribution in [0, 0.1) is 6.92 Å². The molecule has 2 N–H and O–H groups in total. The van der Waals surface area contributed by atoms with Gasteiger partial charge in [0.2, 0.25) is 0 Å². The minimum atomic E-state index is -0.617. The van der Waals surface area contributed by atoms with Crippen molar-refractivity contribution in [2.75, 3.05) is 0 Å². The first-order chi connectivity index (χ1) is 6.20. The second-order valence-electron chi connectivity index (χ2n) is 2.78. The van der Waals surface area contributed by atoms with Gasteiger partial charge in [-0.25, -0.2) is 4.79 Å². The molecule has 0 radical (unpaired) electrons. The summed E-state index contributed by atoms with van der Waals surface area (Å²) in [5.74, 6) is 0. The highest BCUT2D eigenvalue weighted by atomic mass is 16.2. The van der Waals surface area contributed by atoms with Crippen molar-refractivity contribution < 1.29 is 4.79 Å². The molecule has 0 saturated carbocycles. The maximum Gasteiger partial charge on any atom is 0.341 e. The van der Waals surface area contributed by atoms with Gasteiger partial charge in [0.15, 0.2) is 0 Å². The molecule has 66 valence electrons. The zero-order chi connectivity index (χ0) is 9.42. The lowest BCUT2D eigenvalue weighted by molar-refractivity contribution is 0.248. The smallest absolute Gasteiger partial charge is 0.341 e. The van der Waals surface area contributed by atoms with Crippen LogP contribution in [-0.4, -0.2) is 21.0 Å². The van der Waals surface area contributed by atoms with Crippen LogP contribution >= 0.6 is 0 Å². The standard InChI is InChI=1S/C8H8N4O/c1-5-3-2-4-6-7(5)10-11-12(6)8(9)13/h2-4H,1H3,(H2,9,13). The van der Waals surface area contributed by atoms with Crippen molar-refractivity contribution in [3.63, 3.8) is 0 Å². The van der Waals surface area contributed by atoms with Crippen LogP contribution in [0.25, 0.3) is 11.0 Å². The number of aryl methyl sites for hydroxylation is 1. The molecule has 0 atom stereocenters. The van der Waals surface area contributed by atoms with E-state index in [0.29, 0.717) is 11.0 Å². The summed E-state index contributed by atoms with van der Waals surface area (Å²) in [4.78, 5) is 10.9. The van der Waals surface area contributed by atoms with E-state index in [1.165, 1.54) is 0 Å². The Balaban J connectivity index is 2.83. The molecule has 0 aliphatic carbocycles. The van der Waals surface area contributed by atoms with E-state index < -0.39 is 6.03 Å². The Morgan fingerprint density at radius 3 is 3.00 bits per heavy atom. The highest BCUT2D eigenvalue weighted by Crippen LogP contribution is 2.13. The lowest BCUT2D eigenvalue weighted by atomic mass is 10.2. The Hall–Kier alpha value is -1.91. The van der Waals surface area contributed by atoms with E-state index in [9.17, 15) is 4.79 Å². The maximum absolute atomic E-state index is 10.9. The molecule has 5 nitrogen and oxygen atoms in total. The van der Waals surface area contributed by atoms with Gasteiger partial charge in [-0.3, -0.25) is 0 Å². The molecule has 0 spiro atoms. The fourth-order valence-corrected chi connectivity index (χ4v) is 1.24. The minimum absolute atomic E-state index is 0.617. The molecule has 0 saturated heterocycles. The normalized spacial score (nSPS) is 10.5. The van der Waals surface area contributed by atoms with Crippen LogP contribution in [-0.2, 0) is 0 Å². The number of amides is 1. The monoisotopic (exact) mass is 176 g/mol. The third-order valence-corrected chi connectivity index (χ3v) is 1.89. The van der Waals surface area contributed by atoms with Crippen molar-refractivity contribution in [3.05, 3.63) is 23.8 Å². The summed E-state index contributed by atoms with van der Waals surface area (Å²) in [6, 6.07) is 4.88. The van der Waals surface area contributed by atoms with Crippen molar-refractivity contribution in [2.24, 2.45) is 5.73 Å². The SMILES string of the molecule is Cc1cccc2c1nnn2C(N)=O. The highest BCUT2D eigenvalue weighted by Gasteiger charge is 2.08. The lowest BCUT2D eigenvalue weighted by Crippen LogP contribution is -2.20. The highest BCUT2D eigenvalue weighted by molar-refractivity contribution is 5.88. The van der Waals surface area contributed by atoms with Gasteiger partial charge < -0.3 is 5.73 Å². The molecule has 1 heterocycles. The summed E-state index contributed by atoms with van der Waals surface area (Å²) in [6.45, 7) is 1.91. The number of benzene rings is 1. The summed E-state index contributed by atoms with van der Waals surface area (Å²) in [6.07, 6.45) is 0. The quantitative estimate of drug-likeness (QED) is 0.641. The molecular formula is C8H8N4O. The summed E-state index contributed by atoms with van der Waals surface area (Å²) in [5, 5.41) is 7.50. The molecule has 0 bridgehead atoms. The first-order valence-electron chi connectivity index (χ1n) is 3.81. The predicted molar refractivity (Wildman–Crippen MR) is 47.2 cm³/mol. The average molecular weight is 176 g/mol. The molecule has 0 fully saturated rings. The van der Waals surface area contributed by atoms with E-state index in [-0.39, 0.29) is 0 Å². The van der Waals surface area contributed by atoms with Crippen molar-refractivity contribution >= 4 is 17.1 Å². The van der Waals surface area contributed by atoms with Gasteiger partial charge >= 0.3 is 6.03 Å². The summed E-state index contributed by atoms with van der Waals surface area (Å²) in [7, 11) is 0. The fraction of sp³-hybridized carbons (Fsp3) is 0.125. The van der Waals surface area contributed by atoms with Crippen molar-refractivity contribution in [2.45, 2.75) is 6.92 Å². The number of primary amides is 1. The molecule has 1 amide bonds. The number of rotatable bonds is 0. The van der Waals surface area contributed by atoms with Crippen LogP contribution in [0.5, 0.6) is 0 Å². The van der Waals surface area contributed by atoms with Crippen LogP contribution in [0.4, 0.5) is 4.79 Å². The third-order valence-electron chi connectivity index (χ3n) is 1.89. The van der Waals surface area contributed by atoms with Crippen molar-refractivity contribution in [1.82, 2.24) is 15.0 Å². The Morgan fingerprint density at radius 2 is 2.31 bits per heavy atom. The van der Waals surface area contributed by atoms with Crippen LogP contribution in [0.3, 0.4) is 0 Å². The minimum Gasteiger partial charge on any atom is -0.350 e. The maximum atomic E-state index is 10.9. The number of fused-ring (bicyclic) bond motifs is 1. The van der Waals surface area contributed by atoms with E-state index in [0.717, 1.165) is 10.2 Å². The van der Waals surface area contributed by atoms with E-state index in [2.05, 4.69) is 10.3 Å². The van der Waals surface area contributed by atoms with Crippen LogP contribution in [0.2, 0.25) is 0 Å². The fourth-order valence-electron chi connectivity index (χ4n) is 1.24. The number of nitrogens with zero attached hydrogens (tertiary/aromatic N) is 3. The molecule has 13 heavy (non-hydrogen) atoms. The lowest BCUT2D eigenvalue weighted by Gasteiger charge is -1.94. The number of aromatic nitrogens is 3. The zero-order valence-corrected chi connectivity index (χ0v) is 7.06. The number of nitrogens with two attached hydrogens (primary N) is 1. The van der Waals surface area contributed by atoms with Gasteiger partial charge in [0.05, 0.1) is 5.52 Å². The second kappa shape index (κ2) is 2.55. The largest absolute Gasteiger partial charge is 0.350 e. The van der Waals surface area contributed by atoms with Gasteiger partial charge in [-0.2, -0.15) is 4.68 Å².